The predicted molar refractivity (Wildman–Crippen MR) is 70.3 cm³/mol. The molecule has 0 spiro atoms. The van der Waals surface area contributed by atoms with Crippen LogP contribution in [0.2, 0.25) is 0 Å². The maximum absolute atomic E-state index is 11.9. The third-order valence-corrected chi connectivity index (χ3v) is 4.75. The molecule has 0 bridgehead atoms. The molecule has 10 heteroatoms. The molecule has 0 saturated carbocycles. The Kier molecular flexibility index (Phi) is 5.20. The summed E-state index contributed by atoms with van der Waals surface area (Å²) in [5.74, 6) is -1.87. The van der Waals surface area contributed by atoms with Crippen LogP contribution in [-0.2, 0) is 24.7 Å². The van der Waals surface area contributed by atoms with Gasteiger partial charge in [0, 0.05) is 18.6 Å². The van der Waals surface area contributed by atoms with Crippen LogP contribution in [-0.4, -0.2) is 50.9 Å². The molecule has 1 aromatic heterocycles. The number of sulfone groups is 1. The van der Waals surface area contributed by atoms with Crippen LogP contribution in [0.5, 0.6) is 0 Å². The molecule has 2 N–H and O–H groups in total. The fourth-order valence-electron chi connectivity index (χ4n) is 1.33. The summed E-state index contributed by atoms with van der Waals surface area (Å²) in [4.78, 5) is 14.4. The van der Waals surface area contributed by atoms with Gasteiger partial charge in [0.2, 0.25) is 10.0 Å². The predicted octanol–water partition coefficient (Wildman–Crippen LogP) is -0.752. The smallest absolute Gasteiger partial charge is 0.321 e. The van der Waals surface area contributed by atoms with Gasteiger partial charge in [0.25, 0.3) is 0 Å². The van der Waals surface area contributed by atoms with Crippen LogP contribution in [0.15, 0.2) is 29.4 Å². The van der Waals surface area contributed by atoms with E-state index in [-0.39, 0.29) is 11.3 Å². The van der Waals surface area contributed by atoms with Gasteiger partial charge in [-0.15, -0.1) is 0 Å². The lowest BCUT2D eigenvalue weighted by atomic mass is 10.2. The first-order chi connectivity index (χ1) is 9.12. The number of hydrogen-bond donors (Lipinski definition) is 2. The first-order valence-corrected chi connectivity index (χ1v) is 8.99. The Morgan fingerprint density at radius 3 is 2.50 bits per heavy atom. The minimum atomic E-state index is -4.06. The molecule has 1 unspecified atom stereocenters. The summed E-state index contributed by atoms with van der Waals surface area (Å²) >= 11 is 0. The van der Waals surface area contributed by atoms with Crippen LogP contribution in [0, 0.1) is 0 Å². The standard InChI is InChI=1S/C10H14N2O6S2/c1-19(15,16)6-4-9(10(13)14)12-20(17,18)8-3-2-5-11-7-8/h2-3,5,7,9,12H,4,6H2,1H3,(H,13,14). The average Bonchev–Trinajstić information content (AvgIpc) is 2.34. The lowest BCUT2D eigenvalue weighted by Crippen LogP contribution is -2.41. The van der Waals surface area contributed by atoms with E-state index in [4.69, 9.17) is 5.11 Å². The van der Waals surface area contributed by atoms with Gasteiger partial charge in [-0.05, 0) is 18.6 Å². The highest BCUT2D eigenvalue weighted by Crippen LogP contribution is 2.08. The van der Waals surface area contributed by atoms with Crippen LogP contribution in [0.3, 0.4) is 0 Å². The van der Waals surface area contributed by atoms with Crippen LogP contribution >= 0.6 is 0 Å². The monoisotopic (exact) mass is 322 g/mol. The maximum atomic E-state index is 11.9. The van der Waals surface area contributed by atoms with Crippen molar-refractivity contribution >= 4 is 25.8 Å². The summed E-state index contributed by atoms with van der Waals surface area (Å²) in [5.41, 5.74) is 0. The van der Waals surface area contributed by atoms with Gasteiger partial charge in [-0.25, -0.2) is 16.8 Å². The molecule has 0 radical (unpaired) electrons. The summed E-state index contributed by atoms with van der Waals surface area (Å²) in [7, 11) is -7.44. The van der Waals surface area contributed by atoms with Crippen molar-refractivity contribution in [3.05, 3.63) is 24.5 Å². The number of aliphatic carboxylic acids is 1. The summed E-state index contributed by atoms with van der Waals surface area (Å²) in [6.07, 6.45) is 3.03. The number of pyridine rings is 1. The van der Waals surface area contributed by atoms with Gasteiger partial charge in [-0.2, -0.15) is 4.72 Å². The third-order valence-electron chi connectivity index (χ3n) is 2.32. The normalized spacial score (nSPS) is 13.8. The van der Waals surface area contributed by atoms with E-state index in [0.29, 0.717) is 0 Å². The summed E-state index contributed by atoms with van der Waals surface area (Å²) in [6, 6.07) is 1.13. The Bertz CT molecular complexity index is 669. The number of nitrogens with zero attached hydrogens (tertiary/aromatic N) is 1. The number of aromatic nitrogens is 1. The molecule has 0 aliphatic rings. The van der Waals surface area contributed by atoms with Gasteiger partial charge >= 0.3 is 5.97 Å². The van der Waals surface area contributed by atoms with Crippen molar-refractivity contribution in [2.24, 2.45) is 0 Å². The first-order valence-electron chi connectivity index (χ1n) is 5.45. The number of hydrogen-bond acceptors (Lipinski definition) is 6. The van der Waals surface area contributed by atoms with Crippen molar-refractivity contribution in [1.29, 1.82) is 0 Å². The molecule has 1 rings (SSSR count). The summed E-state index contributed by atoms with van der Waals surface area (Å²) in [6.45, 7) is 0. The largest absolute Gasteiger partial charge is 0.480 e. The Morgan fingerprint density at radius 2 is 2.05 bits per heavy atom. The van der Waals surface area contributed by atoms with Gasteiger partial charge in [0.1, 0.15) is 20.8 Å². The van der Waals surface area contributed by atoms with E-state index in [1.807, 2.05) is 4.72 Å². The highest BCUT2D eigenvalue weighted by molar-refractivity contribution is 7.90. The number of carbonyl (C=O) groups is 1. The first kappa shape index (κ1) is 16.5. The highest BCUT2D eigenvalue weighted by atomic mass is 32.2. The van der Waals surface area contributed by atoms with Crippen molar-refractivity contribution in [3.8, 4) is 0 Å². The lowest BCUT2D eigenvalue weighted by Gasteiger charge is -2.14. The van der Waals surface area contributed by atoms with E-state index >= 15 is 0 Å². The van der Waals surface area contributed by atoms with Crippen LogP contribution in [0.4, 0.5) is 0 Å². The van der Waals surface area contributed by atoms with E-state index in [0.717, 1.165) is 12.5 Å². The summed E-state index contributed by atoms with van der Waals surface area (Å²) in [5, 5.41) is 8.94. The van der Waals surface area contributed by atoms with E-state index in [1.54, 1.807) is 0 Å². The third kappa shape index (κ3) is 5.23. The van der Waals surface area contributed by atoms with E-state index in [1.165, 1.54) is 18.3 Å². The van der Waals surface area contributed by atoms with Crippen molar-refractivity contribution < 1.29 is 26.7 Å². The second-order valence-corrected chi connectivity index (χ2v) is 8.09. The van der Waals surface area contributed by atoms with Crippen LogP contribution in [0.25, 0.3) is 0 Å². The number of carboxylic acid groups (broad SMARTS) is 1. The second kappa shape index (κ2) is 6.29. The van der Waals surface area contributed by atoms with E-state index in [9.17, 15) is 21.6 Å². The van der Waals surface area contributed by atoms with Gasteiger partial charge in [-0.3, -0.25) is 9.78 Å². The van der Waals surface area contributed by atoms with E-state index in [2.05, 4.69) is 4.98 Å². The van der Waals surface area contributed by atoms with E-state index < -0.39 is 37.6 Å². The molecular formula is C10H14N2O6S2. The molecule has 112 valence electrons. The van der Waals surface area contributed by atoms with Crippen molar-refractivity contribution in [2.45, 2.75) is 17.4 Å². The molecule has 0 aliphatic carbocycles. The molecule has 1 heterocycles. The maximum Gasteiger partial charge on any atom is 0.321 e. The second-order valence-electron chi connectivity index (χ2n) is 4.12. The highest BCUT2D eigenvalue weighted by Gasteiger charge is 2.26. The molecule has 0 aliphatic heterocycles. The number of carboxylic acids is 1. The summed E-state index contributed by atoms with van der Waals surface area (Å²) < 4.78 is 47.8. The number of rotatable bonds is 7. The zero-order valence-electron chi connectivity index (χ0n) is 10.6. The zero-order valence-corrected chi connectivity index (χ0v) is 12.2. The van der Waals surface area contributed by atoms with Crippen LogP contribution in [0.1, 0.15) is 6.42 Å². The van der Waals surface area contributed by atoms with Crippen molar-refractivity contribution in [3.63, 3.8) is 0 Å². The van der Waals surface area contributed by atoms with Crippen molar-refractivity contribution in [2.75, 3.05) is 12.0 Å². The number of sulfonamides is 1. The fourth-order valence-corrected chi connectivity index (χ4v) is 3.18. The Balaban J connectivity index is 2.88. The fraction of sp³-hybridized carbons (Fsp3) is 0.400. The van der Waals surface area contributed by atoms with Gasteiger partial charge < -0.3 is 5.11 Å². The Labute approximate surface area is 116 Å². The Hall–Kier alpha value is -1.52. The average molecular weight is 322 g/mol. The lowest BCUT2D eigenvalue weighted by molar-refractivity contribution is -0.139. The number of nitrogens with one attached hydrogen (secondary N) is 1. The zero-order chi connectivity index (χ0) is 15.4. The Morgan fingerprint density at radius 1 is 1.40 bits per heavy atom. The topological polar surface area (TPSA) is 130 Å². The molecule has 1 aromatic rings. The molecule has 0 saturated heterocycles. The molecule has 8 nitrogen and oxygen atoms in total. The molecule has 0 amide bonds. The van der Waals surface area contributed by atoms with Gasteiger partial charge in [0.15, 0.2) is 0 Å². The SMILES string of the molecule is CS(=O)(=O)CCC(NS(=O)(=O)c1cccnc1)C(=O)O. The van der Waals surface area contributed by atoms with Crippen molar-refractivity contribution in [1.82, 2.24) is 9.71 Å². The molecular weight excluding hydrogens is 308 g/mol. The van der Waals surface area contributed by atoms with Crippen LogP contribution < -0.4 is 4.72 Å². The molecule has 20 heavy (non-hydrogen) atoms. The van der Waals surface area contributed by atoms with Gasteiger partial charge in [-0.1, -0.05) is 0 Å². The minimum absolute atomic E-state index is 0.189. The molecule has 0 aromatic carbocycles. The van der Waals surface area contributed by atoms with Gasteiger partial charge in [0.05, 0.1) is 5.75 Å². The quantitative estimate of drug-likeness (QED) is 0.675. The molecule has 0 fully saturated rings. The minimum Gasteiger partial charge on any atom is -0.480 e. The molecule has 1 atom stereocenters.